The van der Waals surface area contributed by atoms with Crippen molar-refractivity contribution in [1.82, 2.24) is 9.55 Å². The van der Waals surface area contributed by atoms with Crippen molar-refractivity contribution in [2.45, 2.75) is 13.5 Å². The van der Waals surface area contributed by atoms with Crippen LogP contribution in [0, 0.1) is 0 Å². The Morgan fingerprint density at radius 1 is 1.14 bits per heavy atom. The van der Waals surface area contributed by atoms with Crippen LogP contribution in [0.2, 0.25) is 0 Å². The molecule has 0 amide bonds. The second kappa shape index (κ2) is 5.97. The number of ether oxygens (including phenoxy) is 1. The molecule has 0 radical (unpaired) electrons. The molecule has 0 saturated carbocycles. The van der Waals surface area contributed by atoms with Gasteiger partial charge in [0.2, 0.25) is 5.95 Å². The van der Waals surface area contributed by atoms with Crippen LogP contribution < -0.4 is 5.73 Å². The molecule has 2 N–H and O–H groups in total. The summed E-state index contributed by atoms with van der Waals surface area (Å²) in [4.78, 5) is 4.24. The second-order valence-electron chi connectivity index (χ2n) is 4.91. The Labute approximate surface area is 124 Å². The van der Waals surface area contributed by atoms with E-state index in [9.17, 15) is 0 Å². The van der Waals surface area contributed by atoms with Gasteiger partial charge < -0.3 is 15.0 Å². The van der Waals surface area contributed by atoms with Gasteiger partial charge in [0.05, 0.1) is 18.5 Å². The molecule has 0 fully saturated rings. The van der Waals surface area contributed by atoms with E-state index in [2.05, 4.69) is 35.3 Å². The van der Waals surface area contributed by atoms with Crippen molar-refractivity contribution in [3.63, 3.8) is 0 Å². The van der Waals surface area contributed by atoms with E-state index in [1.54, 1.807) is 0 Å². The fraction of sp³-hybridized carbons (Fsp3) is 0.235. The highest BCUT2D eigenvalue weighted by Gasteiger charge is 2.09. The third kappa shape index (κ3) is 2.76. The molecule has 4 nitrogen and oxygen atoms in total. The Balaban J connectivity index is 1.98. The summed E-state index contributed by atoms with van der Waals surface area (Å²) in [5.41, 5.74) is 8.12. The maximum atomic E-state index is 5.97. The maximum absolute atomic E-state index is 5.97. The molecule has 0 saturated heterocycles. The Kier molecular flexibility index (Phi) is 3.88. The molecule has 21 heavy (non-hydrogen) atoms. The van der Waals surface area contributed by atoms with Crippen molar-refractivity contribution in [1.29, 1.82) is 0 Å². The summed E-state index contributed by atoms with van der Waals surface area (Å²) < 4.78 is 7.42. The molecule has 1 aromatic heterocycles. The number of nitrogens with two attached hydrogens (primary N) is 1. The molecule has 3 aromatic rings. The van der Waals surface area contributed by atoms with Gasteiger partial charge in [0, 0.05) is 18.7 Å². The van der Waals surface area contributed by atoms with Gasteiger partial charge in [-0.2, -0.15) is 0 Å². The summed E-state index contributed by atoms with van der Waals surface area (Å²) in [5, 5.41) is 2.45. The molecule has 4 heteroatoms. The van der Waals surface area contributed by atoms with Gasteiger partial charge in [0.1, 0.15) is 0 Å². The summed E-state index contributed by atoms with van der Waals surface area (Å²) in [5.74, 6) is 0.526. The number of nitrogen functional groups attached to an aromatic ring is 1. The van der Waals surface area contributed by atoms with Crippen LogP contribution in [0.5, 0.6) is 0 Å². The summed E-state index contributed by atoms with van der Waals surface area (Å²) >= 11 is 0. The van der Waals surface area contributed by atoms with Crippen LogP contribution in [0.1, 0.15) is 6.92 Å². The fourth-order valence-corrected chi connectivity index (χ4v) is 2.50. The molecule has 0 aliphatic heterocycles. The van der Waals surface area contributed by atoms with E-state index >= 15 is 0 Å². The van der Waals surface area contributed by atoms with E-state index in [0.29, 0.717) is 25.7 Å². The minimum atomic E-state index is 0.526. The lowest BCUT2D eigenvalue weighted by Crippen LogP contribution is -2.10. The average Bonchev–Trinajstić information content (AvgIpc) is 2.88. The van der Waals surface area contributed by atoms with Crippen molar-refractivity contribution < 1.29 is 4.74 Å². The van der Waals surface area contributed by atoms with Crippen molar-refractivity contribution in [3.8, 4) is 11.3 Å². The monoisotopic (exact) mass is 281 g/mol. The lowest BCUT2D eigenvalue weighted by atomic mass is 10.1. The van der Waals surface area contributed by atoms with Crippen LogP contribution >= 0.6 is 0 Å². The Morgan fingerprint density at radius 3 is 2.76 bits per heavy atom. The Hall–Kier alpha value is -2.33. The third-order valence-electron chi connectivity index (χ3n) is 3.60. The van der Waals surface area contributed by atoms with Gasteiger partial charge in [-0.15, -0.1) is 0 Å². The van der Waals surface area contributed by atoms with E-state index in [1.807, 2.05) is 29.8 Å². The number of benzene rings is 2. The van der Waals surface area contributed by atoms with Crippen LogP contribution in [-0.2, 0) is 11.3 Å². The summed E-state index contributed by atoms with van der Waals surface area (Å²) in [6.07, 6.45) is 1.82. The zero-order chi connectivity index (χ0) is 14.7. The van der Waals surface area contributed by atoms with Crippen LogP contribution in [0.3, 0.4) is 0 Å². The first-order chi connectivity index (χ1) is 10.3. The minimum Gasteiger partial charge on any atom is -0.380 e. The van der Waals surface area contributed by atoms with Crippen molar-refractivity contribution in [2.75, 3.05) is 18.9 Å². The summed E-state index contributed by atoms with van der Waals surface area (Å²) in [6, 6.07) is 14.7. The first-order valence-corrected chi connectivity index (χ1v) is 7.17. The van der Waals surface area contributed by atoms with E-state index in [4.69, 9.17) is 10.5 Å². The van der Waals surface area contributed by atoms with Crippen molar-refractivity contribution >= 4 is 16.7 Å². The van der Waals surface area contributed by atoms with Crippen molar-refractivity contribution in [3.05, 3.63) is 48.7 Å². The fourth-order valence-electron chi connectivity index (χ4n) is 2.50. The van der Waals surface area contributed by atoms with Crippen LogP contribution in [0.25, 0.3) is 22.0 Å². The first-order valence-electron chi connectivity index (χ1n) is 7.17. The smallest absolute Gasteiger partial charge is 0.200 e. The number of anilines is 1. The molecule has 0 spiro atoms. The normalized spacial score (nSPS) is 11.1. The van der Waals surface area contributed by atoms with Crippen LogP contribution in [0.15, 0.2) is 48.7 Å². The topological polar surface area (TPSA) is 53.1 Å². The molecule has 0 aliphatic rings. The van der Waals surface area contributed by atoms with Gasteiger partial charge in [-0.3, -0.25) is 0 Å². The zero-order valence-corrected chi connectivity index (χ0v) is 12.1. The molecule has 1 heterocycles. The number of imidazole rings is 1. The molecule has 0 unspecified atom stereocenters. The van der Waals surface area contributed by atoms with Crippen LogP contribution in [0.4, 0.5) is 5.95 Å². The molecule has 2 aromatic carbocycles. The highest BCUT2D eigenvalue weighted by molar-refractivity contribution is 5.86. The standard InChI is InChI=1S/C17H19N3O/c1-2-21-10-9-20-16(12-19-17(20)18)15-8-7-13-5-3-4-6-14(13)11-15/h3-8,11-12H,2,9-10H2,1H3,(H2,18,19). The largest absolute Gasteiger partial charge is 0.380 e. The van der Waals surface area contributed by atoms with E-state index < -0.39 is 0 Å². The van der Waals surface area contributed by atoms with Gasteiger partial charge >= 0.3 is 0 Å². The van der Waals surface area contributed by atoms with Gasteiger partial charge in [-0.25, -0.2) is 4.98 Å². The number of rotatable bonds is 5. The lowest BCUT2D eigenvalue weighted by Gasteiger charge is -2.10. The summed E-state index contributed by atoms with van der Waals surface area (Å²) in [6.45, 7) is 4.04. The Morgan fingerprint density at radius 2 is 1.95 bits per heavy atom. The first kappa shape index (κ1) is 13.6. The predicted molar refractivity (Wildman–Crippen MR) is 86.1 cm³/mol. The molecule has 0 bridgehead atoms. The van der Waals surface area contributed by atoms with Gasteiger partial charge in [-0.1, -0.05) is 36.4 Å². The van der Waals surface area contributed by atoms with Gasteiger partial charge in [-0.05, 0) is 23.8 Å². The second-order valence-corrected chi connectivity index (χ2v) is 4.91. The predicted octanol–water partition coefficient (Wildman–Crippen LogP) is 3.32. The number of hydrogen-bond donors (Lipinski definition) is 1. The van der Waals surface area contributed by atoms with Crippen LogP contribution in [-0.4, -0.2) is 22.8 Å². The minimum absolute atomic E-state index is 0.526. The molecule has 3 rings (SSSR count). The average molecular weight is 281 g/mol. The number of aromatic nitrogens is 2. The van der Waals surface area contributed by atoms with Gasteiger partial charge in [0.15, 0.2) is 0 Å². The number of fused-ring (bicyclic) bond motifs is 1. The zero-order valence-electron chi connectivity index (χ0n) is 12.1. The quantitative estimate of drug-likeness (QED) is 0.730. The third-order valence-corrected chi connectivity index (χ3v) is 3.60. The highest BCUT2D eigenvalue weighted by Crippen LogP contribution is 2.26. The van der Waals surface area contributed by atoms with E-state index in [0.717, 1.165) is 11.3 Å². The van der Waals surface area contributed by atoms with E-state index in [-0.39, 0.29) is 0 Å². The number of hydrogen-bond acceptors (Lipinski definition) is 3. The number of nitrogens with zero attached hydrogens (tertiary/aromatic N) is 2. The Bertz CT molecular complexity index is 749. The highest BCUT2D eigenvalue weighted by atomic mass is 16.5. The molecule has 108 valence electrons. The molecular formula is C17H19N3O. The summed E-state index contributed by atoms with van der Waals surface area (Å²) in [7, 11) is 0. The molecule has 0 atom stereocenters. The van der Waals surface area contributed by atoms with Gasteiger partial charge in [0.25, 0.3) is 0 Å². The van der Waals surface area contributed by atoms with Crippen molar-refractivity contribution in [2.24, 2.45) is 0 Å². The SMILES string of the molecule is CCOCCn1c(-c2ccc3ccccc3c2)cnc1N. The van der Waals surface area contributed by atoms with E-state index in [1.165, 1.54) is 10.8 Å². The maximum Gasteiger partial charge on any atom is 0.200 e. The lowest BCUT2D eigenvalue weighted by molar-refractivity contribution is 0.139. The molecule has 0 aliphatic carbocycles. The molecular weight excluding hydrogens is 262 g/mol.